The Labute approximate surface area is 122 Å². The maximum atomic E-state index is 3.63. The van der Waals surface area contributed by atoms with Gasteiger partial charge in [0.15, 0.2) is 0 Å². The van der Waals surface area contributed by atoms with Crippen LogP contribution in [-0.4, -0.2) is 42.6 Å². The van der Waals surface area contributed by atoms with Crippen molar-refractivity contribution in [3.63, 3.8) is 0 Å². The van der Waals surface area contributed by atoms with Crippen LogP contribution in [0, 0.1) is 5.92 Å². The Morgan fingerprint density at radius 2 is 1.79 bits per heavy atom. The summed E-state index contributed by atoms with van der Waals surface area (Å²) in [5.74, 6) is 3.26. The number of hydrogen-bond acceptors (Lipinski definition) is 3. The number of benzene rings is 1. The highest BCUT2D eigenvalue weighted by Gasteiger charge is 2.21. The SMILES string of the molecule is CC(C)CNCC(c1ccccc1)N1CCSCC1. The third-order valence-electron chi connectivity index (χ3n) is 3.56. The Morgan fingerprint density at radius 3 is 2.42 bits per heavy atom. The van der Waals surface area contributed by atoms with Crippen LogP contribution in [0.15, 0.2) is 30.3 Å². The Hall–Kier alpha value is -0.510. The van der Waals surface area contributed by atoms with E-state index in [0.29, 0.717) is 12.0 Å². The zero-order chi connectivity index (χ0) is 13.5. The van der Waals surface area contributed by atoms with E-state index in [1.165, 1.54) is 30.2 Å². The molecule has 3 heteroatoms. The molecule has 0 bridgehead atoms. The molecule has 0 saturated carbocycles. The molecule has 1 aliphatic rings. The third kappa shape index (κ3) is 4.83. The van der Waals surface area contributed by atoms with Crippen molar-refractivity contribution in [3.8, 4) is 0 Å². The third-order valence-corrected chi connectivity index (χ3v) is 4.50. The van der Waals surface area contributed by atoms with Gasteiger partial charge in [-0.25, -0.2) is 0 Å². The zero-order valence-corrected chi connectivity index (χ0v) is 13.0. The van der Waals surface area contributed by atoms with Crippen LogP contribution in [0.5, 0.6) is 0 Å². The quantitative estimate of drug-likeness (QED) is 0.861. The van der Waals surface area contributed by atoms with Gasteiger partial charge in [0, 0.05) is 37.2 Å². The summed E-state index contributed by atoms with van der Waals surface area (Å²) in [5, 5.41) is 3.63. The fraction of sp³-hybridized carbons (Fsp3) is 0.625. The lowest BCUT2D eigenvalue weighted by molar-refractivity contribution is 0.211. The second kappa shape index (κ2) is 7.93. The van der Waals surface area contributed by atoms with Gasteiger partial charge in [0.25, 0.3) is 0 Å². The van der Waals surface area contributed by atoms with E-state index in [-0.39, 0.29) is 0 Å². The molecule has 1 saturated heterocycles. The Balaban J connectivity index is 2.00. The minimum absolute atomic E-state index is 0.529. The molecule has 1 unspecified atom stereocenters. The molecule has 1 aromatic rings. The van der Waals surface area contributed by atoms with E-state index < -0.39 is 0 Å². The van der Waals surface area contributed by atoms with Crippen molar-refractivity contribution in [2.24, 2.45) is 5.92 Å². The average molecular weight is 278 g/mol. The van der Waals surface area contributed by atoms with Crippen LogP contribution in [0.2, 0.25) is 0 Å². The first kappa shape index (κ1) is 14.9. The Kier molecular flexibility index (Phi) is 6.21. The van der Waals surface area contributed by atoms with Crippen LogP contribution in [0.25, 0.3) is 0 Å². The minimum atomic E-state index is 0.529. The molecule has 0 aromatic heterocycles. The Morgan fingerprint density at radius 1 is 1.11 bits per heavy atom. The molecule has 0 aliphatic carbocycles. The van der Waals surface area contributed by atoms with Crippen LogP contribution >= 0.6 is 11.8 Å². The van der Waals surface area contributed by atoms with Gasteiger partial charge in [-0.15, -0.1) is 0 Å². The fourth-order valence-corrected chi connectivity index (χ4v) is 3.46. The summed E-state index contributed by atoms with van der Waals surface area (Å²) in [6, 6.07) is 11.5. The molecule has 0 spiro atoms. The lowest BCUT2D eigenvalue weighted by Gasteiger charge is -2.35. The van der Waals surface area contributed by atoms with Crippen molar-refractivity contribution in [2.75, 3.05) is 37.7 Å². The molecule has 2 nitrogen and oxygen atoms in total. The molecule has 106 valence electrons. The van der Waals surface area contributed by atoms with Crippen LogP contribution in [0.4, 0.5) is 0 Å². The van der Waals surface area contributed by atoms with E-state index in [9.17, 15) is 0 Å². The predicted octanol–water partition coefficient (Wildman–Crippen LogP) is 3.02. The lowest BCUT2D eigenvalue weighted by Crippen LogP contribution is -2.41. The van der Waals surface area contributed by atoms with Crippen LogP contribution in [0.3, 0.4) is 0 Å². The number of nitrogens with zero attached hydrogens (tertiary/aromatic N) is 1. The average Bonchev–Trinajstić information content (AvgIpc) is 2.45. The number of thioether (sulfide) groups is 1. The molecular weight excluding hydrogens is 252 g/mol. The van der Waals surface area contributed by atoms with Crippen molar-refractivity contribution in [2.45, 2.75) is 19.9 Å². The molecule has 0 radical (unpaired) electrons. The van der Waals surface area contributed by atoms with Gasteiger partial charge < -0.3 is 5.32 Å². The van der Waals surface area contributed by atoms with E-state index in [2.05, 4.69) is 66.2 Å². The molecule has 1 N–H and O–H groups in total. The summed E-state index contributed by atoms with van der Waals surface area (Å²) in [5.41, 5.74) is 1.45. The largest absolute Gasteiger partial charge is 0.315 e. The van der Waals surface area contributed by atoms with E-state index in [1.807, 2.05) is 0 Å². The van der Waals surface area contributed by atoms with Crippen molar-refractivity contribution in [1.29, 1.82) is 0 Å². The monoisotopic (exact) mass is 278 g/mol. The predicted molar refractivity (Wildman–Crippen MR) is 85.8 cm³/mol. The van der Waals surface area contributed by atoms with Crippen LogP contribution in [0.1, 0.15) is 25.5 Å². The van der Waals surface area contributed by atoms with E-state index in [0.717, 1.165) is 13.1 Å². The maximum Gasteiger partial charge on any atom is 0.0473 e. The first-order valence-corrected chi connectivity index (χ1v) is 8.50. The molecule has 1 fully saturated rings. The number of nitrogens with one attached hydrogen (secondary N) is 1. The Bertz CT molecular complexity index is 347. The molecule has 19 heavy (non-hydrogen) atoms. The first-order chi connectivity index (χ1) is 9.27. The van der Waals surface area contributed by atoms with Gasteiger partial charge in [0.1, 0.15) is 0 Å². The van der Waals surface area contributed by atoms with E-state index in [4.69, 9.17) is 0 Å². The highest BCUT2D eigenvalue weighted by atomic mass is 32.2. The maximum absolute atomic E-state index is 3.63. The molecule has 1 heterocycles. The highest BCUT2D eigenvalue weighted by molar-refractivity contribution is 7.99. The molecule has 2 rings (SSSR count). The highest BCUT2D eigenvalue weighted by Crippen LogP contribution is 2.23. The molecule has 1 atom stereocenters. The van der Waals surface area contributed by atoms with Crippen molar-refractivity contribution < 1.29 is 0 Å². The van der Waals surface area contributed by atoms with Crippen molar-refractivity contribution in [3.05, 3.63) is 35.9 Å². The van der Waals surface area contributed by atoms with Gasteiger partial charge in [-0.3, -0.25) is 4.90 Å². The smallest absolute Gasteiger partial charge is 0.0473 e. The topological polar surface area (TPSA) is 15.3 Å². The second-order valence-electron chi connectivity index (χ2n) is 5.63. The second-order valence-corrected chi connectivity index (χ2v) is 6.85. The number of rotatable bonds is 6. The summed E-state index contributed by atoms with van der Waals surface area (Å²) < 4.78 is 0. The van der Waals surface area contributed by atoms with Crippen LogP contribution in [-0.2, 0) is 0 Å². The molecular formula is C16H26N2S. The summed E-state index contributed by atoms with van der Waals surface area (Å²) in [6.07, 6.45) is 0. The first-order valence-electron chi connectivity index (χ1n) is 7.35. The number of hydrogen-bond donors (Lipinski definition) is 1. The van der Waals surface area contributed by atoms with E-state index in [1.54, 1.807) is 0 Å². The van der Waals surface area contributed by atoms with Gasteiger partial charge in [0.2, 0.25) is 0 Å². The van der Waals surface area contributed by atoms with Gasteiger partial charge in [-0.1, -0.05) is 44.2 Å². The molecule has 1 aliphatic heterocycles. The molecule has 1 aromatic carbocycles. The summed E-state index contributed by atoms with van der Waals surface area (Å²) in [4.78, 5) is 2.64. The minimum Gasteiger partial charge on any atom is -0.315 e. The van der Waals surface area contributed by atoms with Crippen molar-refractivity contribution >= 4 is 11.8 Å². The standard InChI is InChI=1S/C16H26N2S/c1-14(2)12-17-13-16(15-6-4-3-5-7-15)18-8-10-19-11-9-18/h3-7,14,16-17H,8-13H2,1-2H3. The zero-order valence-electron chi connectivity index (χ0n) is 12.1. The van der Waals surface area contributed by atoms with Gasteiger partial charge in [0.05, 0.1) is 0 Å². The molecule has 0 amide bonds. The summed E-state index contributed by atoms with van der Waals surface area (Å²) >= 11 is 2.08. The van der Waals surface area contributed by atoms with Gasteiger partial charge >= 0.3 is 0 Å². The van der Waals surface area contributed by atoms with E-state index >= 15 is 0 Å². The van der Waals surface area contributed by atoms with Gasteiger partial charge in [-0.05, 0) is 18.0 Å². The lowest BCUT2D eigenvalue weighted by atomic mass is 10.0. The normalized spacial score (nSPS) is 18.7. The summed E-state index contributed by atoms with van der Waals surface area (Å²) in [6.45, 7) is 9.13. The fourth-order valence-electron chi connectivity index (χ4n) is 2.53. The van der Waals surface area contributed by atoms with Gasteiger partial charge in [-0.2, -0.15) is 11.8 Å². The van der Waals surface area contributed by atoms with Crippen molar-refractivity contribution in [1.82, 2.24) is 10.2 Å². The van der Waals surface area contributed by atoms with Crippen LogP contribution < -0.4 is 5.32 Å². The summed E-state index contributed by atoms with van der Waals surface area (Å²) in [7, 11) is 0.